The number of thioether (sulfide) groups is 1. The Labute approximate surface area is 175 Å². The molecule has 4 unspecified atom stereocenters. The first-order chi connectivity index (χ1) is 14.1. The number of aromatic hydroxyl groups is 1. The van der Waals surface area contributed by atoms with Gasteiger partial charge in [0.05, 0.1) is 7.11 Å². The molecule has 2 aromatic rings. The smallest absolute Gasteiger partial charge is 0.187 e. The Hall–Kier alpha value is -2.09. The molecule has 5 rings (SSSR count). The third-order valence-corrected chi connectivity index (χ3v) is 7.99. The second-order valence-electron chi connectivity index (χ2n) is 7.85. The lowest BCUT2D eigenvalue weighted by Crippen LogP contribution is -2.26. The van der Waals surface area contributed by atoms with Crippen LogP contribution in [0.4, 0.5) is 0 Å². The SMILES string of the molecule is CNC1C2SCC3CN(Cc4ccccc4)CC312.COc1ccnc(C=O)c1O. The lowest BCUT2D eigenvalue weighted by Gasteiger charge is -2.16. The van der Waals surface area contributed by atoms with Crippen LogP contribution in [0.3, 0.4) is 0 Å². The minimum absolute atomic E-state index is 0.00986. The van der Waals surface area contributed by atoms with E-state index in [-0.39, 0.29) is 17.2 Å². The molecule has 3 fully saturated rings. The third kappa shape index (κ3) is 3.63. The number of ether oxygens (including phenoxy) is 1. The van der Waals surface area contributed by atoms with Crippen molar-refractivity contribution in [3.63, 3.8) is 0 Å². The molecule has 1 saturated carbocycles. The second kappa shape index (κ2) is 8.34. The summed E-state index contributed by atoms with van der Waals surface area (Å²) in [6.45, 7) is 3.74. The quantitative estimate of drug-likeness (QED) is 0.729. The van der Waals surface area contributed by atoms with Gasteiger partial charge in [-0.3, -0.25) is 9.69 Å². The molecule has 2 saturated heterocycles. The van der Waals surface area contributed by atoms with E-state index in [1.165, 1.54) is 43.8 Å². The fraction of sp³-hybridized carbons (Fsp3) is 0.455. The Kier molecular flexibility index (Phi) is 5.81. The summed E-state index contributed by atoms with van der Waals surface area (Å²) in [5.74, 6) is 2.34. The van der Waals surface area contributed by atoms with Crippen molar-refractivity contribution < 1.29 is 14.6 Å². The molecule has 2 aliphatic heterocycles. The van der Waals surface area contributed by atoms with E-state index in [1.54, 1.807) is 0 Å². The molecule has 0 radical (unpaired) electrons. The Morgan fingerprint density at radius 1 is 1.38 bits per heavy atom. The molecule has 154 valence electrons. The number of carbonyl (C=O) groups excluding carboxylic acids is 1. The fourth-order valence-electron chi connectivity index (χ4n) is 4.92. The van der Waals surface area contributed by atoms with Gasteiger partial charge in [0.1, 0.15) is 5.69 Å². The van der Waals surface area contributed by atoms with Crippen LogP contribution in [-0.4, -0.2) is 65.6 Å². The number of nitrogens with zero attached hydrogens (tertiary/aromatic N) is 2. The molecular formula is C22H27N3O3S. The first kappa shape index (κ1) is 20.2. The average Bonchev–Trinajstić information content (AvgIpc) is 3.00. The molecule has 29 heavy (non-hydrogen) atoms. The lowest BCUT2D eigenvalue weighted by molar-refractivity contribution is 0.111. The summed E-state index contributed by atoms with van der Waals surface area (Å²) >= 11 is 2.21. The molecule has 1 aliphatic carbocycles. The Morgan fingerprint density at radius 2 is 2.17 bits per heavy atom. The maximum absolute atomic E-state index is 10.2. The number of benzene rings is 1. The van der Waals surface area contributed by atoms with E-state index in [0.29, 0.717) is 11.7 Å². The van der Waals surface area contributed by atoms with Crippen molar-refractivity contribution in [1.29, 1.82) is 0 Å². The zero-order valence-corrected chi connectivity index (χ0v) is 17.6. The van der Waals surface area contributed by atoms with Gasteiger partial charge in [0.15, 0.2) is 17.8 Å². The van der Waals surface area contributed by atoms with Gasteiger partial charge in [0.2, 0.25) is 0 Å². The predicted molar refractivity (Wildman–Crippen MR) is 115 cm³/mol. The van der Waals surface area contributed by atoms with Gasteiger partial charge in [0, 0.05) is 48.6 Å². The number of nitrogens with one attached hydrogen (secondary N) is 1. The van der Waals surface area contributed by atoms with Gasteiger partial charge in [-0.15, -0.1) is 0 Å². The normalized spacial score (nSPS) is 29.4. The first-order valence-corrected chi connectivity index (χ1v) is 10.9. The topological polar surface area (TPSA) is 74.7 Å². The molecule has 1 spiro atoms. The summed E-state index contributed by atoms with van der Waals surface area (Å²) in [7, 11) is 3.54. The summed E-state index contributed by atoms with van der Waals surface area (Å²) in [6.07, 6.45) is 1.86. The summed E-state index contributed by atoms with van der Waals surface area (Å²) in [5.41, 5.74) is 2.07. The van der Waals surface area contributed by atoms with E-state index in [9.17, 15) is 9.90 Å². The van der Waals surface area contributed by atoms with Crippen LogP contribution in [0.15, 0.2) is 42.6 Å². The molecule has 1 aromatic heterocycles. The van der Waals surface area contributed by atoms with Gasteiger partial charge < -0.3 is 15.2 Å². The highest BCUT2D eigenvalue weighted by Gasteiger charge is 2.73. The summed E-state index contributed by atoms with van der Waals surface area (Å²) in [5, 5.41) is 13.6. The van der Waals surface area contributed by atoms with Crippen LogP contribution in [0.1, 0.15) is 16.1 Å². The molecule has 3 aliphatic rings. The van der Waals surface area contributed by atoms with E-state index in [2.05, 4.69) is 64.3 Å². The van der Waals surface area contributed by atoms with Crippen LogP contribution in [0.25, 0.3) is 0 Å². The van der Waals surface area contributed by atoms with E-state index < -0.39 is 0 Å². The second-order valence-corrected chi connectivity index (χ2v) is 9.02. The van der Waals surface area contributed by atoms with Crippen LogP contribution in [0.5, 0.6) is 11.5 Å². The van der Waals surface area contributed by atoms with Gasteiger partial charge in [-0.25, -0.2) is 4.98 Å². The van der Waals surface area contributed by atoms with Crippen molar-refractivity contribution in [1.82, 2.24) is 15.2 Å². The van der Waals surface area contributed by atoms with Crippen LogP contribution in [-0.2, 0) is 6.54 Å². The fourth-order valence-corrected chi connectivity index (χ4v) is 7.01. The van der Waals surface area contributed by atoms with Gasteiger partial charge >= 0.3 is 0 Å². The van der Waals surface area contributed by atoms with E-state index in [1.807, 2.05) is 0 Å². The minimum Gasteiger partial charge on any atom is -0.503 e. The zero-order chi connectivity index (χ0) is 20.4. The molecule has 6 nitrogen and oxygen atoms in total. The van der Waals surface area contributed by atoms with Crippen molar-refractivity contribution in [2.24, 2.45) is 11.3 Å². The van der Waals surface area contributed by atoms with Crippen molar-refractivity contribution in [2.75, 3.05) is 33.0 Å². The van der Waals surface area contributed by atoms with E-state index in [4.69, 9.17) is 4.74 Å². The molecule has 0 amide bonds. The van der Waals surface area contributed by atoms with Gasteiger partial charge in [0.25, 0.3) is 0 Å². The van der Waals surface area contributed by atoms with Gasteiger partial charge in [-0.05, 0) is 24.3 Å². The Bertz CT molecular complexity index is 860. The van der Waals surface area contributed by atoms with Crippen LogP contribution >= 0.6 is 11.8 Å². The minimum atomic E-state index is -0.218. The maximum atomic E-state index is 10.2. The number of hydrogen-bond acceptors (Lipinski definition) is 7. The standard InChI is InChI=1S/C15H20N2S.C7H7NO3/c1-16-13-14-15(13)10-17(8-12(15)9-18-14)7-11-5-3-2-4-6-11;1-11-6-2-3-8-5(4-9)7(6)10/h2-6,12-14,16H,7-10H2,1H3;2-4,10H,1H3. The number of aromatic nitrogens is 1. The molecule has 3 heterocycles. The summed E-state index contributed by atoms with van der Waals surface area (Å²) < 4.78 is 4.74. The monoisotopic (exact) mass is 413 g/mol. The van der Waals surface area contributed by atoms with Crippen LogP contribution < -0.4 is 10.1 Å². The zero-order valence-electron chi connectivity index (χ0n) is 16.7. The van der Waals surface area contributed by atoms with E-state index in [0.717, 1.165) is 23.8 Å². The predicted octanol–water partition coefficient (Wildman–Crippen LogP) is 2.43. The third-order valence-electron chi connectivity index (χ3n) is 6.32. The van der Waals surface area contributed by atoms with Crippen molar-refractivity contribution in [3.8, 4) is 11.5 Å². The average molecular weight is 414 g/mol. The maximum Gasteiger partial charge on any atom is 0.187 e. The summed E-state index contributed by atoms with van der Waals surface area (Å²) in [4.78, 5) is 16.5. The number of carbonyl (C=O) groups is 1. The molecule has 4 atom stereocenters. The number of likely N-dealkylation sites (tertiary alicyclic amines) is 1. The highest BCUT2D eigenvalue weighted by atomic mass is 32.2. The molecular weight excluding hydrogens is 386 g/mol. The van der Waals surface area contributed by atoms with Crippen molar-refractivity contribution in [2.45, 2.75) is 17.8 Å². The molecule has 0 bridgehead atoms. The first-order valence-electron chi connectivity index (χ1n) is 9.86. The lowest BCUT2D eigenvalue weighted by atomic mass is 9.94. The van der Waals surface area contributed by atoms with E-state index >= 15 is 0 Å². The number of methoxy groups -OCH3 is 1. The Morgan fingerprint density at radius 3 is 2.83 bits per heavy atom. The largest absolute Gasteiger partial charge is 0.503 e. The van der Waals surface area contributed by atoms with Crippen LogP contribution in [0.2, 0.25) is 0 Å². The highest BCUT2D eigenvalue weighted by molar-refractivity contribution is 8.00. The Balaban J connectivity index is 0.000000161. The highest BCUT2D eigenvalue weighted by Crippen LogP contribution is 2.67. The van der Waals surface area contributed by atoms with Crippen molar-refractivity contribution >= 4 is 18.0 Å². The summed E-state index contributed by atoms with van der Waals surface area (Å²) in [6, 6.07) is 13.2. The molecule has 7 heteroatoms. The van der Waals surface area contributed by atoms with Gasteiger partial charge in [-0.1, -0.05) is 30.3 Å². The number of pyridine rings is 1. The van der Waals surface area contributed by atoms with Crippen LogP contribution in [0, 0.1) is 11.3 Å². The molecule has 1 aromatic carbocycles. The van der Waals surface area contributed by atoms with Crippen molar-refractivity contribution in [3.05, 3.63) is 53.9 Å². The number of aldehydes is 1. The number of hydrogen-bond donors (Lipinski definition) is 2. The number of rotatable bonds is 5. The molecule has 2 N–H and O–H groups in total. The van der Waals surface area contributed by atoms with Gasteiger partial charge in [-0.2, -0.15) is 11.8 Å².